The second-order valence-corrected chi connectivity index (χ2v) is 7.52. The Bertz CT molecular complexity index is 1310. The number of carbonyl (C=O) groups is 2. The van der Waals surface area contributed by atoms with Gasteiger partial charge < -0.3 is 5.11 Å². The summed E-state index contributed by atoms with van der Waals surface area (Å²) in [5.41, 5.74) is -1.19. The molecule has 1 N–H and O–H groups in total. The molecule has 0 bridgehead atoms. The molecule has 172 valence electrons. The molecular weight excluding hydrogens is 450 g/mol. The van der Waals surface area contributed by atoms with Gasteiger partial charge in [0, 0.05) is 11.3 Å². The van der Waals surface area contributed by atoms with Crippen LogP contribution < -0.4 is 4.90 Å². The number of nitrogens with zero attached hydrogens (tertiary/aromatic N) is 1. The summed E-state index contributed by atoms with van der Waals surface area (Å²) >= 11 is 0. The number of carbonyl (C=O) groups excluding carboxylic acids is 2. The number of aliphatic hydroxyl groups is 1. The van der Waals surface area contributed by atoms with Crippen LogP contribution in [-0.4, -0.2) is 16.8 Å². The van der Waals surface area contributed by atoms with Crippen molar-refractivity contribution in [3.8, 4) is 0 Å². The number of anilines is 1. The monoisotopic (exact) mass is 467 g/mol. The summed E-state index contributed by atoms with van der Waals surface area (Å²) in [6.45, 7) is 0. The van der Waals surface area contributed by atoms with Gasteiger partial charge in [-0.15, -0.1) is 0 Å². The van der Waals surface area contributed by atoms with Crippen molar-refractivity contribution in [2.45, 2.75) is 12.2 Å². The number of ketones is 1. The fraction of sp³-hybridized carbons (Fsp3) is 0.0769. The summed E-state index contributed by atoms with van der Waals surface area (Å²) in [6, 6.07) is 16.4. The predicted octanol–water partition coefficient (Wildman–Crippen LogP) is 6.03. The highest BCUT2D eigenvalue weighted by molar-refractivity contribution is 6.19. The number of aliphatic hydroxyl groups excluding tert-OH is 1. The lowest BCUT2D eigenvalue weighted by Crippen LogP contribution is -2.31. The first kappa shape index (κ1) is 23.0. The normalized spacial score (nSPS) is 16.5. The van der Waals surface area contributed by atoms with E-state index in [0.717, 1.165) is 29.2 Å². The molecule has 4 nitrogen and oxygen atoms in total. The zero-order valence-electron chi connectivity index (χ0n) is 17.5. The molecule has 0 aliphatic carbocycles. The van der Waals surface area contributed by atoms with Crippen LogP contribution in [-0.2, 0) is 15.8 Å². The molecule has 0 saturated carbocycles. The Kier molecular flexibility index (Phi) is 6.06. The lowest BCUT2D eigenvalue weighted by Gasteiger charge is -2.27. The second kappa shape index (κ2) is 8.97. The van der Waals surface area contributed by atoms with Gasteiger partial charge >= 0.3 is 6.18 Å². The number of allylic oxidation sites excluding steroid dienone is 1. The van der Waals surface area contributed by atoms with E-state index in [1.807, 2.05) is 0 Å². The van der Waals surface area contributed by atoms with Crippen LogP contribution in [0, 0.1) is 5.82 Å². The van der Waals surface area contributed by atoms with Gasteiger partial charge in [0.25, 0.3) is 5.91 Å². The third kappa shape index (κ3) is 4.34. The molecule has 8 heteroatoms. The van der Waals surface area contributed by atoms with Crippen molar-refractivity contribution in [2.75, 3.05) is 4.90 Å². The van der Waals surface area contributed by atoms with Crippen LogP contribution in [0.15, 0.2) is 96.3 Å². The van der Waals surface area contributed by atoms with Gasteiger partial charge in [0.1, 0.15) is 5.82 Å². The van der Waals surface area contributed by atoms with Crippen LogP contribution in [0.1, 0.15) is 22.7 Å². The molecule has 1 aliphatic rings. The van der Waals surface area contributed by atoms with Crippen LogP contribution in [0.25, 0.3) is 6.08 Å². The Morgan fingerprint density at radius 2 is 1.62 bits per heavy atom. The van der Waals surface area contributed by atoms with Gasteiger partial charge in [-0.25, -0.2) is 4.39 Å². The van der Waals surface area contributed by atoms with Crippen molar-refractivity contribution in [1.29, 1.82) is 0 Å². The van der Waals surface area contributed by atoms with E-state index in [-0.39, 0.29) is 11.3 Å². The lowest BCUT2D eigenvalue weighted by atomic mass is 9.94. The highest BCUT2D eigenvalue weighted by atomic mass is 19.4. The number of hydrogen-bond donors (Lipinski definition) is 1. The minimum absolute atomic E-state index is 0.145. The van der Waals surface area contributed by atoms with Crippen molar-refractivity contribution in [3.63, 3.8) is 0 Å². The highest BCUT2D eigenvalue weighted by Gasteiger charge is 2.45. The van der Waals surface area contributed by atoms with Crippen LogP contribution >= 0.6 is 0 Å². The Morgan fingerprint density at radius 1 is 0.941 bits per heavy atom. The number of rotatable bonds is 5. The molecule has 3 aromatic rings. The molecule has 1 atom stereocenters. The maximum Gasteiger partial charge on any atom is 0.416 e. The number of halogens is 4. The molecule has 34 heavy (non-hydrogen) atoms. The number of alkyl halides is 3. The number of amides is 1. The average Bonchev–Trinajstić information content (AvgIpc) is 3.08. The van der Waals surface area contributed by atoms with Crippen molar-refractivity contribution in [2.24, 2.45) is 0 Å². The maximum absolute atomic E-state index is 14.8. The minimum atomic E-state index is -4.70. The summed E-state index contributed by atoms with van der Waals surface area (Å²) in [4.78, 5) is 26.9. The molecule has 1 amide bonds. The van der Waals surface area contributed by atoms with E-state index in [9.17, 15) is 32.3 Å². The number of hydrogen-bond acceptors (Lipinski definition) is 3. The first-order chi connectivity index (χ1) is 16.2. The smallest absolute Gasteiger partial charge is 0.416 e. The fourth-order valence-electron chi connectivity index (χ4n) is 3.77. The van der Waals surface area contributed by atoms with E-state index >= 15 is 0 Å². The predicted molar refractivity (Wildman–Crippen MR) is 118 cm³/mol. The molecule has 1 aliphatic heterocycles. The Balaban J connectivity index is 1.83. The maximum atomic E-state index is 14.8. The van der Waals surface area contributed by atoms with Gasteiger partial charge in [-0.1, -0.05) is 60.7 Å². The molecule has 0 aromatic heterocycles. The molecule has 4 rings (SSSR count). The van der Waals surface area contributed by atoms with Crippen molar-refractivity contribution in [3.05, 3.63) is 119 Å². The standard InChI is InChI=1S/C26H17F4NO3/c27-20-12-5-4-11-19(20)23-22(21(32)14-13-16-7-2-1-3-8-16)24(33)25(34)31(23)18-10-6-9-17(15-18)26(28,29)30/h1-15,23,33H/b14-13-/t23-/m0/s1. The Morgan fingerprint density at radius 3 is 2.29 bits per heavy atom. The molecule has 0 spiro atoms. The third-order valence-corrected chi connectivity index (χ3v) is 5.35. The fourth-order valence-corrected chi connectivity index (χ4v) is 3.77. The minimum Gasteiger partial charge on any atom is -0.503 e. The zero-order chi connectivity index (χ0) is 24.5. The molecule has 0 unspecified atom stereocenters. The molecular formula is C26H17F4NO3. The lowest BCUT2D eigenvalue weighted by molar-refractivity contribution is -0.137. The van der Waals surface area contributed by atoms with Gasteiger partial charge in [-0.2, -0.15) is 13.2 Å². The quantitative estimate of drug-likeness (QED) is 0.368. The summed E-state index contributed by atoms with van der Waals surface area (Å²) in [7, 11) is 0. The van der Waals surface area contributed by atoms with Crippen LogP contribution in [0.4, 0.5) is 23.2 Å². The zero-order valence-corrected chi connectivity index (χ0v) is 17.5. The highest BCUT2D eigenvalue weighted by Crippen LogP contribution is 2.43. The van der Waals surface area contributed by atoms with Crippen LogP contribution in [0.2, 0.25) is 0 Å². The summed E-state index contributed by atoms with van der Waals surface area (Å²) < 4.78 is 54.7. The van der Waals surface area contributed by atoms with E-state index in [2.05, 4.69) is 0 Å². The van der Waals surface area contributed by atoms with Gasteiger partial charge in [0.2, 0.25) is 0 Å². The first-order valence-electron chi connectivity index (χ1n) is 10.1. The average molecular weight is 467 g/mol. The summed E-state index contributed by atoms with van der Waals surface area (Å²) in [6.07, 6.45) is -2.12. The van der Waals surface area contributed by atoms with E-state index in [1.165, 1.54) is 30.3 Å². The van der Waals surface area contributed by atoms with Crippen LogP contribution in [0.3, 0.4) is 0 Å². The van der Waals surface area contributed by atoms with Gasteiger partial charge in [-0.3, -0.25) is 14.5 Å². The topological polar surface area (TPSA) is 57.6 Å². The van der Waals surface area contributed by atoms with Gasteiger partial charge in [0.15, 0.2) is 11.5 Å². The largest absolute Gasteiger partial charge is 0.503 e. The van der Waals surface area contributed by atoms with Gasteiger partial charge in [-0.05, 0) is 35.9 Å². The number of benzene rings is 3. The van der Waals surface area contributed by atoms with E-state index in [4.69, 9.17) is 0 Å². The molecule has 0 saturated heterocycles. The van der Waals surface area contributed by atoms with E-state index < -0.39 is 46.6 Å². The van der Waals surface area contributed by atoms with Gasteiger partial charge in [0.05, 0.1) is 17.2 Å². The third-order valence-electron chi connectivity index (χ3n) is 5.35. The summed E-state index contributed by atoms with van der Waals surface area (Å²) in [5.74, 6) is -3.63. The van der Waals surface area contributed by atoms with Crippen molar-refractivity contribution in [1.82, 2.24) is 0 Å². The molecule has 0 radical (unpaired) electrons. The van der Waals surface area contributed by atoms with E-state index in [0.29, 0.717) is 11.6 Å². The molecule has 3 aromatic carbocycles. The van der Waals surface area contributed by atoms with Crippen molar-refractivity contribution >= 4 is 23.5 Å². The van der Waals surface area contributed by atoms with E-state index in [1.54, 1.807) is 30.3 Å². The molecule has 0 fully saturated rings. The Labute approximate surface area is 192 Å². The summed E-state index contributed by atoms with van der Waals surface area (Å²) in [5, 5.41) is 10.6. The van der Waals surface area contributed by atoms with Crippen molar-refractivity contribution < 1.29 is 32.3 Å². The second-order valence-electron chi connectivity index (χ2n) is 7.52. The SMILES string of the molecule is O=C(/C=C\c1ccccc1)C1=C(O)C(=O)N(c2cccc(C(F)(F)F)c2)[C@H]1c1ccccc1F. The Hall–Kier alpha value is -4.20. The van der Waals surface area contributed by atoms with Crippen LogP contribution in [0.5, 0.6) is 0 Å². The molecule has 1 heterocycles. The first-order valence-corrected chi connectivity index (χ1v) is 10.1.